The average molecular weight is 312 g/mol. The zero-order valence-corrected chi connectivity index (χ0v) is 13.0. The molecule has 0 atom stereocenters. The molecule has 4 heteroatoms. The number of aryl methyl sites for hydroxylation is 1. The first-order valence-electron chi connectivity index (χ1n) is 6.87. The molecular formula is C18H14ClNO2. The van der Waals surface area contributed by atoms with Gasteiger partial charge in [0.15, 0.2) is 0 Å². The van der Waals surface area contributed by atoms with Gasteiger partial charge in [0.2, 0.25) is 0 Å². The standard InChI is InChI=1S/C18H14ClNO2/c1-10-6-7-15-14(8-10)16(18(21)22)11(2)17(20-15)12-4-3-5-13(19)9-12/h3-9H,1-2H3,(H,21,22). The van der Waals surface area contributed by atoms with E-state index in [1.54, 1.807) is 19.1 Å². The van der Waals surface area contributed by atoms with Gasteiger partial charge in [0.05, 0.1) is 16.8 Å². The number of hydrogen-bond donors (Lipinski definition) is 1. The van der Waals surface area contributed by atoms with Crippen molar-refractivity contribution in [3.8, 4) is 11.3 Å². The number of hydrogen-bond acceptors (Lipinski definition) is 2. The predicted molar refractivity (Wildman–Crippen MR) is 88.6 cm³/mol. The van der Waals surface area contributed by atoms with Gasteiger partial charge in [-0.3, -0.25) is 0 Å². The molecule has 2 aromatic carbocycles. The van der Waals surface area contributed by atoms with Crippen molar-refractivity contribution in [2.24, 2.45) is 0 Å². The summed E-state index contributed by atoms with van der Waals surface area (Å²) in [4.78, 5) is 16.4. The lowest BCUT2D eigenvalue weighted by atomic mass is 9.97. The number of aromatic carboxylic acids is 1. The molecule has 0 aliphatic carbocycles. The van der Waals surface area contributed by atoms with E-state index < -0.39 is 5.97 Å². The Hall–Kier alpha value is -2.39. The van der Waals surface area contributed by atoms with Crippen molar-refractivity contribution in [2.45, 2.75) is 13.8 Å². The highest BCUT2D eigenvalue weighted by Gasteiger charge is 2.18. The molecule has 3 nitrogen and oxygen atoms in total. The molecule has 3 aromatic rings. The summed E-state index contributed by atoms with van der Waals surface area (Å²) in [6.45, 7) is 3.72. The Morgan fingerprint density at radius 3 is 2.59 bits per heavy atom. The minimum Gasteiger partial charge on any atom is -0.478 e. The fourth-order valence-electron chi connectivity index (χ4n) is 2.66. The smallest absolute Gasteiger partial charge is 0.336 e. The van der Waals surface area contributed by atoms with Crippen LogP contribution < -0.4 is 0 Å². The summed E-state index contributed by atoms with van der Waals surface area (Å²) in [5, 5.41) is 10.9. The van der Waals surface area contributed by atoms with Gasteiger partial charge in [-0.1, -0.05) is 35.4 Å². The predicted octanol–water partition coefficient (Wildman–Crippen LogP) is 4.87. The van der Waals surface area contributed by atoms with Gasteiger partial charge in [0.1, 0.15) is 0 Å². The number of nitrogens with zero attached hydrogens (tertiary/aromatic N) is 1. The Morgan fingerprint density at radius 1 is 1.14 bits per heavy atom. The van der Waals surface area contributed by atoms with Gasteiger partial charge < -0.3 is 5.11 Å². The minimum atomic E-state index is -0.946. The fraction of sp³-hybridized carbons (Fsp3) is 0.111. The highest BCUT2D eigenvalue weighted by atomic mass is 35.5. The summed E-state index contributed by atoms with van der Waals surface area (Å²) < 4.78 is 0. The van der Waals surface area contributed by atoms with E-state index >= 15 is 0 Å². The van der Waals surface area contributed by atoms with Gasteiger partial charge in [-0.15, -0.1) is 0 Å². The Labute approximate surface area is 133 Å². The SMILES string of the molecule is Cc1ccc2nc(-c3cccc(Cl)c3)c(C)c(C(=O)O)c2c1. The number of carboxylic acid groups (broad SMARTS) is 1. The molecule has 0 radical (unpaired) electrons. The molecule has 0 unspecified atom stereocenters. The summed E-state index contributed by atoms with van der Waals surface area (Å²) in [7, 11) is 0. The first kappa shape index (κ1) is 14.5. The fourth-order valence-corrected chi connectivity index (χ4v) is 2.86. The molecule has 0 aliphatic rings. The van der Waals surface area contributed by atoms with Gasteiger partial charge in [-0.2, -0.15) is 0 Å². The Kier molecular flexibility index (Phi) is 3.59. The normalized spacial score (nSPS) is 10.9. The van der Waals surface area contributed by atoms with Crippen LogP contribution in [0.3, 0.4) is 0 Å². The maximum absolute atomic E-state index is 11.7. The third-order valence-electron chi connectivity index (χ3n) is 3.70. The molecule has 1 N–H and O–H groups in total. The van der Waals surface area contributed by atoms with E-state index in [9.17, 15) is 9.90 Å². The van der Waals surface area contributed by atoms with E-state index in [0.717, 1.165) is 11.1 Å². The number of fused-ring (bicyclic) bond motifs is 1. The van der Waals surface area contributed by atoms with Gasteiger partial charge in [-0.25, -0.2) is 9.78 Å². The summed E-state index contributed by atoms with van der Waals surface area (Å²) in [5.41, 5.74) is 4.08. The molecule has 0 saturated heterocycles. The lowest BCUT2D eigenvalue weighted by molar-refractivity contribution is 0.0698. The van der Waals surface area contributed by atoms with E-state index in [1.807, 2.05) is 37.3 Å². The van der Waals surface area contributed by atoms with E-state index in [4.69, 9.17) is 11.6 Å². The molecule has 0 spiro atoms. The second-order valence-corrected chi connectivity index (χ2v) is 5.73. The number of rotatable bonds is 2. The zero-order valence-electron chi connectivity index (χ0n) is 12.2. The number of halogens is 1. The molecule has 0 saturated carbocycles. The maximum atomic E-state index is 11.7. The molecule has 0 bridgehead atoms. The topological polar surface area (TPSA) is 50.2 Å². The molecule has 110 valence electrons. The van der Waals surface area contributed by atoms with Crippen molar-refractivity contribution in [1.29, 1.82) is 0 Å². The van der Waals surface area contributed by atoms with Crippen LogP contribution in [-0.4, -0.2) is 16.1 Å². The van der Waals surface area contributed by atoms with Crippen molar-refractivity contribution >= 4 is 28.5 Å². The molecule has 0 amide bonds. The van der Waals surface area contributed by atoms with Crippen molar-refractivity contribution in [2.75, 3.05) is 0 Å². The first-order valence-corrected chi connectivity index (χ1v) is 7.25. The zero-order chi connectivity index (χ0) is 15.9. The number of pyridine rings is 1. The summed E-state index contributed by atoms with van der Waals surface area (Å²) in [6, 6.07) is 12.9. The molecule has 1 aromatic heterocycles. The quantitative estimate of drug-likeness (QED) is 0.734. The van der Waals surface area contributed by atoms with E-state index in [2.05, 4.69) is 4.98 Å². The lowest BCUT2D eigenvalue weighted by Gasteiger charge is -2.12. The first-order chi connectivity index (χ1) is 10.5. The minimum absolute atomic E-state index is 0.295. The average Bonchev–Trinajstić information content (AvgIpc) is 2.46. The monoisotopic (exact) mass is 311 g/mol. The largest absolute Gasteiger partial charge is 0.478 e. The molecule has 22 heavy (non-hydrogen) atoms. The summed E-state index contributed by atoms with van der Waals surface area (Å²) >= 11 is 6.04. The molecular weight excluding hydrogens is 298 g/mol. The van der Waals surface area contributed by atoms with Crippen LogP contribution in [0.5, 0.6) is 0 Å². The molecule has 1 heterocycles. The van der Waals surface area contributed by atoms with E-state index in [0.29, 0.717) is 32.7 Å². The lowest BCUT2D eigenvalue weighted by Crippen LogP contribution is -2.05. The van der Waals surface area contributed by atoms with Gasteiger partial charge >= 0.3 is 5.97 Å². The third kappa shape index (κ3) is 2.44. The second kappa shape index (κ2) is 5.43. The number of benzene rings is 2. The van der Waals surface area contributed by atoms with Crippen molar-refractivity contribution < 1.29 is 9.90 Å². The highest BCUT2D eigenvalue weighted by molar-refractivity contribution is 6.30. The van der Waals surface area contributed by atoms with E-state index in [1.165, 1.54) is 0 Å². The number of aromatic nitrogens is 1. The second-order valence-electron chi connectivity index (χ2n) is 5.30. The van der Waals surface area contributed by atoms with Crippen LogP contribution in [0.4, 0.5) is 0 Å². The summed E-state index contributed by atoms with van der Waals surface area (Å²) in [5.74, 6) is -0.946. The third-order valence-corrected chi connectivity index (χ3v) is 3.93. The van der Waals surface area contributed by atoms with Gasteiger partial charge in [0.25, 0.3) is 0 Å². The van der Waals surface area contributed by atoms with Crippen LogP contribution in [0.25, 0.3) is 22.2 Å². The van der Waals surface area contributed by atoms with E-state index in [-0.39, 0.29) is 0 Å². The van der Waals surface area contributed by atoms with Crippen molar-refractivity contribution in [3.63, 3.8) is 0 Å². The molecule has 3 rings (SSSR count). The van der Waals surface area contributed by atoms with Crippen LogP contribution in [0.2, 0.25) is 5.02 Å². The van der Waals surface area contributed by atoms with Crippen molar-refractivity contribution in [3.05, 3.63) is 64.2 Å². The molecule has 0 fully saturated rings. The van der Waals surface area contributed by atoms with Crippen LogP contribution in [0, 0.1) is 13.8 Å². The van der Waals surface area contributed by atoms with Crippen molar-refractivity contribution in [1.82, 2.24) is 4.98 Å². The van der Waals surface area contributed by atoms with Crippen LogP contribution in [0.1, 0.15) is 21.5 Å². The van der Waals surface area contributed by atoms with Crippen LogP contribution in [0.15, 0.2) is 42.5 Å². The van der Waals surface area contributed by atoms with Crippen LogP contribution >= 0.6 is 11.6 Å². The van der Waals surface area contributed by atoms with Gasteiger partial charge in [-0.05, 0) is 43.7 Å². The summed E-state index contributed by atoms with van der Waals surface area (Å²) in [6.07, 6.45) is 0. The van der Waals surface area contributed by atoms with Crippen LogP contribution in [-0.2, 0) is 0 Å². The maximum Gasteiger partial charge on any atom is 0.336 e. The Balaban J connectivity index is 2.40. The highest BCUT2D eigenvalue weighted by Crippen LogP contribution is 2.31. The number of carbonyl (C=O) groups is 1. The Bertz CT molecular complexity index is 903. The molecule has 0 aliphatic heterocycles. The number of carboxylic acids is 1. The Morgan fingerprint density at radius 2 is 1.91 bits per heavy atom. The van der Waals surface area contributed by atoms with Gasteiger partial charge in [0, 0.05) is 16.0 Å².